The van der Waals surface area contributed by atoms with Crippen molar-refractivity contribution in [1.82, 2.24) is 10.3 Å². The van der Waals surface area contributed by atoms with Crippen molar-refractivity contribution in [1.29, 1.82) is 0 Å². The average molecular weight is 254 g/mol. The summed E-state index contributed by atoms with van der Waals surface area (Å²) in [4.78, 5) is 5.93. The highest BCUT2D eigenvalue weighted by atomic mass is 32.1. The molecule has 1 saturated heterocycles. The van der Waals surface area contributed by atoms with Gasteiger partial charge in [-0.3, -0.25) is 0 Å². The lowest BCUT2D eigenvalue weighted by Gasteiger charge is -2.24. The second kappa shape index (κ2) is 5.94. The van der Waals surface area contributed by atoms with Crippen LogP contribution in [0.2, 0.25) is 0 Å². The van der Waals surface area contributed by atoms with Crippen molar-refractivity contribution in [2.75, 3.05) is 19.8 Å². The smallest absolute Gasteiger partial charge is 0.0900 e. The van der Waals surface area contributed by atoms with Crippen molar-refractivity contribution in [2.45, 2.75) is 39.7 Å². The van der Waals surface area contributed by atoms with Crippen LogP contribution in [0.25, 0.3) is 0 Å². The van der Waals surface area contributed by atoms with Crippen LogP contribution in [0.1, 0.15) is 41.4 Å². The van der Waals surface area contributed by atoms with Crippen molar-refractivity contribution in [2.24, 2.45) is 5.92 Å². The van der Waals surface area contributed by atoms with Gasteiger partial charge in [0.2, 0.25) is 0 Å². The summed E-state index contributed by atoms with van der Waals surface area (Å²) in [6.07, 6.45) is 2.49. The van der Waals surface area contributed by atoms with E-state index in [0.29, 0.717) is 12.0 Å². The third-order valence-electron chi connectivity index (χ3n) is 3.32. The van der Waals surface area contributed by atoms with Crippen LogP contribution in [-0.4, -0.2) is 24.7 Å². The van der Waals surface area contributed by atoms with Gasteiger partial charge in [0.25, 0.3) is 0 Å². The maximum atomic E-state index is 5.49. The van der Waals surface area contributed by atoms with Crippen molar-refractivity contribution in [3.05, 3.63) is 15.6 Å². The number of thiazole rings is 1. The predicted molar refractivity (Wildman–Crippen MR) is 71.5 cm³/mol. The fourth-order valence-electron chi connectivity index (χ4n) is 2.36. The Kier molecular flexibility index (Phi) is 4.54. The van der Waals surface area contributed by atoms with E-state index in [1.165, 1.54) is 23.4 Å². The highest BCUT2D eigenvalue weighted by Gasteiger charge is 2.17. The molecule has 0 bridgehead atoms. The molecule has 1 aromatic heterocycles. The Balaban J connectivity index is 1.84. The van der Waals surface area contributed by atoms with Gasteiger partial charge in [0.15, 0.2) is 0 Å². The molecule has 0 aliphatic carbocycles. The van der Waals surface area contributed by atoms with Crippen molar-refractivity contribution in [3.8, 4) is 0 Å². The Bertz CT molecular complexity index is 358. The molecular weight excluding hydrogens is 232 g/mol. The molecule has 2 heterocycles. The summed E-state index contributed by atoms with van der Waals surface area (Å²) in [6, 6.07) is 0.349. The molecule has 0 radical (unpaired) electrons. The first kappa shape index (κ1) is 13.0. The SMILES string of the molecule is Cc1nc(C(C)NCC2CCCOC2)c(C)s1. The zero-order valence-electron chi connectivity index (χ0n) is 11.0. The molecule has 96 valence electrons. The van der Waals surface area contributed by atoms with Gasteiger partial charge in [-0.1, -0.05) is 0 Å². The first-order chi connectivity index (χ1) is 8.16. The van der Waals surface area contributed by atoms with Crippen LogP contribution in [0.4, 0.5) is 0 Å². The van der Waals surface area contributed by atoms with E-state index in [4.69, 9.17) is 4.74 Å². The van der Waals surface area contributed by atoms with Gasteiger partial charge < -0.3 is 10.1 Å². The first-order valence-electron chi connectivity index (χ1n) is 6.42. The third kappa shape index (κ3) is 3.50. The number of hydrogen-bond acceptors (Lipinski definition) is 4. The van der Waals surface area contributed by atoms with Crippen LogP contribution in [0, 0.1) is 19.8 Å². The largest absolute Gasteiger partial charge is 0.381 e. The van der Waals surface area contributed by atoms with Crippen LogP contribution in [0.5, 0.6) is 0 Å². The summed E-state index contributed by atoms with van der Waals surface area (Å²) in [5, 5.41) is 4.75. The van der Waals surface area contributed by atoms with Crippen molar-refractivity contribution < 1.29 is 4.74 Å². The van der Waals surface area contributed by atoms with E-state index in [9.17, 15) is 0 Å². The summed E-state index contributed by atoms with van der Waals surface area (Å²) < 4.78 is 5.49. The molecule has 0 amide bonds. The number of aryl methyl sites for hydroxylation is 2. The lowest BCUT2D eigenvalue weighted by Crippen LogP contribution is -2.31. The maximum Gasteiger partial charge on any atom is 0.0900 e. The Morgan fingerprint density at radius 3 is 2.94 bits per heavy atom. The number of nitrogens with zero attached hydrogens (tertiary/aromatic N) is 1. The highest BCUT2D eigenvalue weighted by molar-refractivity contribution is 7.11. The molecule has 3 nitrogen and oxygen atoms in total. The summed E-state index contributed by atoms with van der Waals surface area (Å²) in [7, 11) is 0. The first-order valence-corrected chi connectivity index (χ1v) is 7.23. The molecule has 0 spiro atoms. The van der Waals surface area contributed by atoms with Gasteiger partial charge in [0.1, 0.15) is 0 Å². The second-order valence-electron chi connectivity index (χ2n) is 4.89. The van der Waals surface area contributed by atoms with Gasteiger partial charge in [-0.05, 0) is 39.5 Å². The molecule has 4 heteroatoms. The van der Waals surface area contributed by atoms with E-state index in [1.807, 2.05) is 0 Å². The lowest BCUT2D eigenvalue weighted by molar-refractivity contribution is 0.0539. The van der Waals surface area contributed by atoms with E-state index in [2.05, 4.69) is 31.1 Å². The maximum absolute atomic E-state index is 5.49. The number of hydrogen-bond donors (Lipinski definition) is 1. The Hall–Kier alpha value is -0.450. The molecule has 2 unspecified atom stereocenters. The average Bonchev–Trinajstić information content (AvgIpc) is 2.67. The topological polar surface area (TPSA) is 34.2 Å². The van der Waals surface area contributed by atoms with Gasteiger partial charge in [0, 0.05) is 24.1 Å². The van der Waals surface area contributed by atoms with Gasteiger partial charge in [-0.2, -0.15) is 0 Å². The zero-order chi connectivity index (χ0) is 12.3. The van der Waals surface area contributed by atoms with Crippen LogP contribution >= 0.6 is 11.3 Å². The van der Waals surface area contributed by atoms with Crippen molar-refractivity contribution in [3.63, 3.8) is 0 Å². The monoisotopic (exact) mass is 254 g/mol. The molecule has 1 fully saturated rings. The van der Waals surface area contributed by atoms with Gasteiger partial charge in [0.05, 0.1) is 17.3 Å². The quantitative estimate of drug-likeness (QED) is 0.897. The Morgan fingerprint density at radius 1 is 1.53 bits per heavy atom. The number of aromatic nitrogens is 1. The van der Waals surface area contributed by atoms with E-state index >= 15 is 0 Å². The Labute approximate surface area is 108 Å². The van der Waals surface area contributed by atoms with Crippen molar-refractivity contribution >= 4 is 11.3 Å². The van der Waals surface area contributed by atoms with Crippen LogP contribution in [0.3, 0.4) is 0 Å². The molecule has 0 saturated carbocycles. The van der Waals surface area contributed by atoms with Gasteiger partial charge in [-0.25, -0.2) is 4.98 Å². The number of rotatable bonds is 4. The van der Waals surface area contributed by atoms with E-state index in [1.54, 1.807) is 11.3 Å². The third-order valence-corrected chi connectivity index (χ3v) is 4.22. The molecule has 17 heavy (non-hydrogen) atoms. The molecule has 0 aromatic carbocycles. The van der Waals surface area contributed by atoms with E-state index in [0.717, 1.165) is 24.8 Å². The number of ether oxygens (including phenoxy) is 1. The van der Waals surface area contributed by atoms with Crippen LogP contribution in [0.15, 0.2) is 0 Å². The lowest BCUT2D eigenvalue weighted by atomic mass is 10.0. The molecule has 1 aliphatic rings. The zero-order valence-corrected chi connectivity index (χ0v) is 11.8. The summed E-state index contributed by atoms with van der Waals surface area (Å²) in [5.74, 6) is 0.672. The molecule has 1 aromatic rings. The minimum Gasteiger partial charge on any atom is -0.381 e. The summed E-state index contributed by atoms with van der Waals surface area (Å²) >= 11 is 1.78. The normalized spacial score (nSPS) is 22.6. The molecule has 2 atom stereocenters. The summed E-state index contributed by atoms with van der Waals surface area (Å²) in [5.41, 5.74) is 1.21. The Morgan fingerprint density at radius 2 is 2.35 bits per heavy atom. The molecule has 1 aliphatic heterocycles. The molecule has 1 N–H and O–H groups in total. The van der Waals surface area contributed by atoms with E-state index in [-0.39, 0.29) is 0 Å². The fraction of sp³-hybridized carbons (Fsp3) is 0.769. The minimum atomic E-state index is 0.349. The molecular formula is C13H22N2OS. The van der Waals surface area contributed by atoms with Crippen LogP contribution in [-0.2, 0) is 4.74 Å². The second-order valence-corrected chi connectivity index (χ2v) is 6.29. The van der Waals surface area contributed by atoms with Gasteiger partial charge in [-0.15, -0.1) is 11.3 Å². The molecule has 2 rings (SSSR count). The highest BCUT2D eigenvalue weighted by Crippen LogP contribution is 2.23. The number of nitrogens with one attached hydrogen (secondary N) is 1. The van der Waals surface area contributed by atoms with Gasteiger partial charge >= 0.3 is 0 Å². The standard InChI is InChI=1S/C13H22N2OS/c1-9(13-10(2)17-11(3)15-13)14-7-12-5-4-6-16-8-12/h9,12,14H,4-8H2,1-3H3. The van der Waals surface area contributed by atoms with E-state index < -0.39 is 0 Å². The fourth-order valence-corrected chi connectivity index (χ4v) is 3.27. The minimum absolute atomic E-state index is 0.349. The van der Waals surface area contributed by atoms with Crippen LogP contribution < -0.4 is 5.32 Å². The summed E-state index contributed by atoms with van der Waals surface area (Å²) in [6.45, 7) is 9.32. The predicted octanol–water partition coefficient (Wildman–Crippen LogP) is 2.84.